The average molecular weight is 489 g/mol. The van der Waals surface area contributed by atoms with Gasteiger partial charge >= 0.3 is 12.0 Å². The maximum absolute atomic E-state index is 14.1. The quantitative estimate of drug-likeness (QED) is 0.326. The van der Waals surface area contributed by atoms with Crippen molar-refractivity contribution in [2.75, 3.05) is 7.11 Å². The number of carbonyl (C=O) groups is 3. The SMILES string of the molecule is COC(=O)c1ccc(CN2C(=O)NC(=Cc3ccc(-c4ccc(Br)cc4F)o3)C2=O)o1. The van der Waals surface area contributed by atoms with Crippen LogP contribution in [0.3, 0.4) is 0 Å². The van der Waals surface area contributed by atoms with Gasteiger partial charge in [0.1, 0.15) is 28.8 Å². The van der Waals surface area contributed by atoms with E-state index in [0.29, 0.717) is 4.47 Å². The summed E-state index contributed by atoms with van der Waals surface area (Å²) in [7, 11) is 1.21. The smallest absolute Gasteiger partial charge is 0.373 e. The van der Waals surface area contributed by atoms with Gasteiger partial charge in [-0.1, -0.05) is 15.9 Å². The highest BCUT2D eigenvalue weighted by Gasteiger charge is 2.34. The number of carbonyl (C=O) groups excluding carboxylic acids is 3. The predicted octanol–water partition coefficient (Wildman–Crippen LogP) is 4.32. The third-order valence-electron chi connectivity index (χ3n) is 4.43. The summed E-state index contributed by atoms with van der Waals surface area (Å²) in [5, 5.41) is 2.46. The average Bonchev–Trinajstić information content (AvgIpc) is 3.45. The first-order valence-corrected chi connectivity index (χ1v) is 9.72. The summed E-state index contributed by atoms with van der Waals surface area (Å²) < 4.78 is 30.2. The molecular formula is C21H14BrFN2O6. The molecule has 158 valence electrons. The maximum atomic E-state index is 14.1. The number of esters is 1. The Morgan fingerprint density at radius 1 is 1.19 bits per heavy atom. The maximum Gasteiger partial charge on any atom is 0.373 e. The van der Waals surface area contributed by atoms with E-state index in [2.05, 4.69) is 26.0 Å². The first-order chi connectivity index (χ1) is 14.9. The molecule has 1 aliphatic heterocycles. The zero-order chi connectivity index (χ0) is 22.1. The van der Waals surface area contributed by atoms with Crippen LogP contribution in [0.15, 0.2) is 61.5 Å². The molecule has 3 heterocycles. The zero-order valence-corrected chi connectivity index (χ0v) is 17.6. The molecule has 1 aliphatic rings. The molecule has 0 radical (unpaired) electrons. The van der Waals surface area contributed by atoms with E-state index in [1.807, 2.05) is 0 Å². The highest BCUT2D eigenvalue weighted by atomic mass is 79.9. The normalized spacial score (nSPS) is 14.9. The number of amides is 3. The summed E-state index contributed by atoms with van der Waals surface area (Å²) in [6.45, 7) is -0.174. The van der Waals surface area contributed by atoms with Crippen LogP contribution >= 0.6 is 15.9 Å². The third kappa shape index (κ3) is 4.15. The van der Waals surface area contributed by atoms with Crippen molar-refractivity contribution in [3.8, 4) is 11.3 Å². The van der Waals surface area contributed by atoms with E-state index in [9.17, 15) is 18.8 Å². The van der Waals surface area contributed by atoms with Gasteiger partial charge in [-0.05, 0) is 42.5 Å². The summed E-state index contributed by atoms with van der Waals surface area (Å²) in [6.07, 6.45) is 1.35. The molecule has 4 rings (SSSR count). The molecule has 1 saturated heterocycles. The van der Waals surface area contributed by atoms with Crippen LogP contribution in [0.5, 0.6) is 0 Å². The Kier molecular flexibility index (Phi) is 5.47. The summed E-state index contributed by atoms with van der Waals surface area (Å²) in [5.74, 6) is -1.01. The molecule has 8 nitrogen and oxygen atoms in total. The first kappa shape index (κ1) is 20.6. The molecule has 0 bridgehead atoms. The fraction of sp³-hybridized carbons (Fsp3) is 0.0952. The number of furan rings is 2. The molecule has 31 heavy (non-hydrogen) atoms. The molecule has 0 spiro atoms. The van der Waals surface area contributed by atoms with Crippen molar-refractivity contribution in [3.05, 3.63) is 75.7 Å². The highest BCUT2D eigenvalue weighted by molar-refractivity contribution is 9.10. The Morgan fingerprint density at radius 3 is 2.74 bits per heavy atom. The number of urea groups is 1. The first-order valence-electron chi connectivity index (χ1n) is 8.92. The Balaban J connectivity index is 1.51. The number of methoxy groups -OCH3 is 1. The summed E-state index contributed by atoms with van der Waals surface area (Å²) >= 11 is 3.19. The van der Waals surface area contributed by atoms with Gasteiger partial charge in [-0.25, -0.2) is 14.0 Å². The number of hydrogen-bond acceptors (Lipinski definition) is 6. The lowest BCUT2D eigenvalue weighted by atomic mass is 10.1. The number of ether oxygens (including phenoxy) is 1. The van der Waals surface area contributed by atoms with Gasteiger partial charge in [-0.15, -0.1) is 0 Å². The fourth-order valence-electron chi connectivity index (χ4n) is 2.95. The molecule has 0 aliphatic carbocycles. The monoisotopic (exact) mass is 488 g/mol. The molecule has 0 atom stereocenters. The van der Waals surface area contributed by atoms with Gasteiger partial charge in [0, 0.05) is 10.5 Å². The van der Waals surface area contributed by atoms with E-state index in [0.717, 1.165) is 4.90 Å². The van der Waals surface area contributed by atoms with E-state index < -0.39 is 23.7 Å². The molecule has 0 saturated carbocycles. The van der Waals surface area contributed by atoms with Crippen molar-refractivity contribution in [1.29, 1.82) is 0 Å². The Hall–Kier alpha value is -3.66. The van der Waals surface area contributed by atoms with Crippen molar-refractivity contribution in [2.24, 2.45) is 0 Å². The Morgan fingerprint density at radius 2 is 2.00 bits per heavy atom. The van der Waals surface area contributed by atoms with Crippen LogP contribution < -0.4 is 5.32 Å². The molecule has 1 fully saturated rings. The minimum absolute atomic E-state index is 0.0121. The number of halogens is 2. The van der Waals surface area contributed by atoms with E-state index in [-0.39, 0.29) is 40.8 Å². The predicted molar refractivity (Wildman–Crippen MR) is 109 cm³/mol. The lowest BCUT2D eigenvalue weighted by Gasteiger charge is -2.09. The second-order valence-corrected chi connectivity index (χ2v) is 7.38. The van der Waals surface area contributed by atoms with Gasteiger partial charge in [-0.2, -0.15) is 0 Å². The molecule has 1 N–H and O–H groups in total. The lowest BCUT2D eigenvalue weighted by Crippen LogP contribution is -2.30. The van der Waals surface area contributed by atoms with Crippen LogP contribution in [-0.4, -0.2) is 29.9 Å². The lowest BCUT2D eigenvalue weighted by molar-refractivity contribution is -0.123. The Labute approximate surface area is 183 Å². The summed E-state index contributed by atoms with van der Waals surface area (Å²) in [4.78, 5) is 37.2. The van der Waals surface area contributed by atoms with Crippen LogP contribution in [0.1, 0.15) is 22.1 Å². The minimum Gasteiger partial charge on any atom is -0.463 e. The topological polar surface area (TPSA) is 102 Å². The second-order valence-electron chi connectivity index (χ2n) is 6.46. The molecule has 2 aromatic heterocycles. The number of nitrogens with zero attached hydrogens (tertiary/aromatic N) is 1. The number of rotatable bonds is 5. The highest BCUT2D eigenvalue weighted by Crippen LogP contribution is 2.28. The summed E-state index contributed by atoms with van der Waals surface area (Å²) in [6, 6.07) is 9.88. The number of benzene rings is 1. The second kappa shape index (κ2) is 8.23. The number of hydrogen-bond donors (Lipinski definition) is 1. The Bertz CT molecular complexity index is 1230. The van der Waals surface area contributed by atoms with E-state index in [1.165, 1.54) is 31.4 Å². The number of nitrogens with one attached hydrogen (secondary N) is 1. The van der Waals surface area contributed by atoms with Gasteiger partial charge in [0.2, 0.25) is 5.76 Å². The van der Waals surface area contributed by atoms with Crippen LogP contribution in [0.2, 0.25) is 0 Å². The molecule has 3 aromatic rings. The van der Waals surface area contributed by atoms with Crippen molar-refractivity contribution in [3.63, 3.8) is 0 Å². The third-order valence-corrected chi connectivity index (χ3v) is 4.93. The van der Waals surface area contributed by atoms with Crippen molar-refractivity contribution >= 4 is 39.9 Å². The van der Waals surface area contributed by atoms with Gasteiger partial charge in [-0.3, -0.25) is 9.69 Å². The standard InChI is InChI=1S/C21H14BrFN2O6/c1-29-20(27)18-7-4-13(31-18)10-25-19(26)16(24-21(25)28)9-12-3-6-17(30-12)14-5-2-11(22)8-15(14)23/h2-9H,10H2,1H3,(H,24,28). The van der Waals surface area contributed by atoms with Crippen molar-refractivity contribution in [2.45, 2.75) is 6.54 Å². The summed E-state index contributed by atoms with van der Waals surface area (Å²) in [5.41, 5.74) is 0.248. The van der Waals surface area contributed by atoms with E-state index in [1.54, 1.807) is 24.3 Å². The van der Waals surface area contributed by atoms with Gasteiger partial charge in [0.25, 0.3) is 5.91 Å². The number of imide groups is 1. The van der Waals surface area contributed by atoms with Gasteiger partial charge < -0.3 is 18.9 Å². The molecule has 3 amide bonds. The van der Waals surface area contributed by atoms with Crippen LogP contribution in [0, 0.1) is 5.82 Å². The molecule has 10 heteroatoms. The van der Waals surface area contributed by atoms with Crippen LogP contribution in [-0.2, 0) is 16.1 Å². The molecular weight excluding hydrogens is 475 g/mol. The minimum atomic E-state index is -0.667. The van der Waals surface area contributed by atoms with E-state index in [4.69, 9.17) is 8.83 Å². The van der Waals surface area contributed by atoms with E-state index >= 15 is 0 Å². The van der Waals surface area contributed by atoms with Crippen LogP contribution in [0.25, 0.3) is 17.4 Å². The van der Waals surface area contributed by atoms with Crippen LogP contribution in [0.4, 0.5) is 9.18 Å². The van der Waals surface area contributed by atoms with Gasteiger partial charge in [0.05, 0.1) is 19.2 Å². The molecule has 1 aromatic carbocycles. The zero-order valence-electron chi connectivity index (χ0n) is 16.0. The van der Waals surface area contributed by atoms with Gasteiger partial charge in [0.15, 0.2) is 0 Å². The largest absolute Gasteiger partial charge is 0.463 e. The van der Waals surface area contributed by atoms with Crippen molar-refractivity contribution < 1.29 is 32.3 Å². The van der Waals surface area contributed by atoms with Crippen molar-refractivity contribution in [1.82, 2.24) is 10.2 Å². The molecule has 0 unspecified atom stereocenters. The fourth-order valence-corrected chi connectivity index (χ4v) is 3.28.